The average molecular weight is 282 g/mol. The second-order valence-corrected chi connectivity index (χ2v) is 6.61. The summed E-state index contributed by atoms with van der Waals surface area (Å²) in [7, 11) is 0. The van der Waals surface area contributed by atoms with E-state index in [-0.39, 0.29) is 10.8 Å². The van der Waals surface area contributed by atoms with Gasteiger partial charge in [0, 0.05) is 18.3 Å². The standard InChI is InChI=1S/C13H20ClN5/c1-9-5-11(19-12(18-9)16-8-17-19)15-7-10(14)6-13(2,3)4/h5,8,10,15H,6-7H2,1-4H3. The SMILES string of the molecule is Cc1cc(NCC(Cl)CC(C)(C)C)n2ncnc2n1. The molecule has 2 rings (SSSR count). The molecule has 6 heteroatoms. The van der Waals surface area contributed by atoms with Crippen molar-refractivity contribution in [2.75, 3.05) is 11.9 Å². The Hall–Kier alpha value is -1.36. The first-order valence-corrected chi connectivity index (χ1v) is 6.84. The Bertz CT molecular complexity index is 558. The zero-order valence-electron chi connectivity index (χ0n) is 11.8. The van der Waals surface area contributed by atoms with Crippen molar-refractivity contribution in [3.05, 3.63) is 18.1 Å². The Labute approximate surface area is 118 Å². The Balaban J connectivity index is 2.07. The Morgan fingerprint density at radius 1 is 1.42 bits per heavy atom. The van der Waals surface area contributed by atoms with Crippen molar-refractivity contribution >= 4 is 23.2 Å². The molecule has 1 unspecified atom stereocenters. The summed E-state index contributed by atoms with van der Waals surface area (Å²) in [6, 6.07) is 1.95. The predicted molar refractivity (Wildman–Crippen MR) is 77.7 cm³/mol. The molecule has 104 valence electrons. The molecule has 0 bridgehead atoms. The monoisotopic (exact) mass is 281 g/mol. The van der Waals surface area contributed by atoms with Crippen LogP contribution in [-0.2, 0) is 0 Å². The first-order valence-electron chi connectivity index (χ1n) is 6.40. The summed E-state index contributed by atoms with van der Waals surface area (Å²) in [5.41, 5.74) is 1.13. The molecule has 0 saturated heterocycles. The van der Waals surface area contributed by atoms with Crippen LogP contribution in [0.25, 0.3) is 5.78 Å². The van der Waals surface area contributed by atoms with Crippen LogP contribution < -0.4 is 5.32 Å². The summed E-state index contributed by atoms with van der Waals surface area (Å²) in [5, 5.41) is 7.55. The van der Waals surface area contributed by atoms with E-state index in [1.54, 1.807) is 4.52 Å². The molecular formula is C13H20ClN5. The molecule has 0 radical (unpaired) electrons. The largest absolute Gasteiger partial charge is 0.368 e. The molecule has 5 nitrogen and oxygen atoms in total. The van der Waals surface area contributed by atoms with Gasteiger partial charge in [-0.05, 0) is 18.8 Å². The van der Waals surface area contributed by atoms with E-state index in [1.165, 1.54) is 6.33 Å². The number of hydrogen-bond acceptors (Lipinski definition) is 4. The van der Waals surface area contributed by atoms with Gasteiger partial charge < -0.3 is 5.32 Å². The minimum atomic E-state index is 0.0760. The summed E-state index contributed by atoms with van der Waals surface area (Å²) in [6.45, 7) is 9.20. The van der Waals surface area contributed by atoms with Gasteiger partial charge in [-0.15, -0.1) is 11.6 Å². The number of nitrogens with one attached hydrogen (secondary N) is 1. The number of aryl methyl sites for hydroxylation is 1. The lowest BCUT2D eigenvalue weighted by atomic mass is 9.90. The minimum Gasteiger partial charge on any atom is -0.368 e. The lowest BCUT2D eigenvalue weighted by Crippen LogP contribution is -2.22. The third-order valence-corrected chi connectivity index (χ3v) is 3.03. The fourth-order valence-corrected chi connectivity index (χ4v) is 2.55. The topological polar surface area (TPSA) is 55.1 Å². The van der Waals surface area contributed by atoms with Crippen LogP contribution in [0.1, 0.15) is 32.9 Å². The van der Waals surface area contributed by atoms with E-state index in [0.717, 1.165) is 17.9 Å². The van der Waals surface area contributed by atoms with Crippen molar-refractivity contribution in [2.45, 2.75) is 39.5 Å². The van der Waals surface area contributed by atoms with Gasteiger partial charge in [-0.25, -0.2) is 4.98 Å². The number of alkyl halides is 1. The van der Waals surface area contributed by atoms with E-state index in [9.17, 15) is 0 Å². The minimum absolute atomic E-state index is 0.0760. The summed E-state index contributed by atoms with van der Waals surface area (Å²) < 4.78 is 1.69. The van der Waals surface area contributed by atoms with Crippen molar-refractivity contribution < 1.29 is 0 Å². The van der Waals surface area contributed by atoms with Crippen LogP contribution in [0.3, 0.4) is 0 Å². The highest BCUT2D eigenvalue weighted by Gasteiger charge is 2.17. The van der Waals surface area contributed by atoms with Gasteiger partial charge in [0.05, 0.1) is 5.38 Å². The van der Waals surface area contributed by atoms with Crippen LogP contribution in [0.4, 0.5) is 5.82 Å². The number of rotatable bonds is 4. The van der Waals surface area contributed by atoms with Crippen LogP contribution in [0.2, 0.25) is 0 Å². The number of nitrogens with zero attached hydrogens (tertiary/aromatic N) is 4. The smallest absolute Gasteiger partial charge is 0.254 e. The maximum absolute atomic E-state index is 6.36. The van der Waals surface area contributed by atoms with Crippen molar-refractivity contribution in [3.63, 3.8) is 0 Å². The third kappa shape index (κ3) is 3.80. The molecule has 0 saturated carbocycles. The highest BCUT2D eigenvalue weighted by Crippen LogP contribution is 2.24. The van der Waals surface area contributed by atoms with E-state index >= 15 is 0 Å². The molecule has 0 aliphatic rings. The number of aromatic nitrogens is 4. The quantitative estimate of drug-likeness (QED) is 0.876. The zero-order valence-corrected chi connectivity index (χ0v) is 12.6. The van der Waals surface area contributed by atoms with Crippen LogP contribution in [-0.4, -0.2) is 31.5 Å². The lowest BCUT2D eigenvalue weighted by Gasteiger charge is -2.22. The summed E-state index contributed by atoms with van der Waals surface area (Å²) in [5.74, 6) is 1.48. The number of hydrogen-bond donors (Lipinski definition) is 1. The van der Waals surface area contributed by atoms with E-state index in [4.69, 9.17) is 11.6 Å². The number of halogens is 1. The Kier molecular flexibility index (Phi) is 3.94. The summed E-state index contributed by atoms with van der Waals surface area (Å²) in [4.78, 5) is 8.39. The molecule has 19 heavy (non-hydrogen) atoms. The fraction of sp³-hybridized carbons (Fsp3) is 0.615. The molecule has 2 heterocycles. The van der Waals surface area contributed by atoms with Gasteiger partial charge in [-0.3, -0.25) is 0 Å². The van der Waals surface area contributed by atoms with Gasteiger partial charge in [0.2, 0.25) is 0 Å². The van der Waals surface area contributed by atoms with Crippen LogP contribution >= 0.6 is 11.6 Å². The molecular weight excluding hydrogens is 262 g/mol. The molecule has 0 amide bonds. The molecule has 0 spiro atoms. The maximum atomic E-state index is 6.36. The predicted octanol–water partition coefficient (Wildman–Crippen LogP) is 2.89. The lowest BCUT2D eigenvalue weighted by molar-refractivity contribution is 0.373. The van der Waals surface area contributed by atoms with Crippen LogP contribution in [0, 0.1) is 12.3 Å². The van der Waals surface area contributed by atoms with E-state index in [0.29, 0.717) is 12.3 Å². The first-order chi connectivity index (χ1) is 8.85. The molecule has 0 aliphatic carbocycles. The highest BCUT2D eigenvalue weighted by molar-refractivity contribution is 6.20. The van der Waals surface area contributed by atoms with Gasteiger partial charge in [0.15, 0.2) is 0 Å². The molecule has 2 aromatic heterocycles. The van der Waals surface area contributed by atoms with Gasteiger partial charge in [-0.2, -0.15) is 14.6 Å². The van der Waals surface area contributed by atoms with Crippen LogP contribution in [0.5, 0.6) is 0 Å². The normalized spacial score (nSPS) is 13.7. The van der Waals surface area contributed by atoms with E-state index < -0.39 is 0 Å². The molecule has 1 atom stereocenters. The Morgan fingerprint density at radius 3 is 2.84 bits per heavy atom. The number of anilines is 1. The van der Waals surface area contributed by atoms with Crippen molar-refractivity contribution in [1.82, 2.24) is 19.6 Å². The van der Waals surface area contributed by atoms with E-state index in [1.807, 2.05) is 13.0 Å². The summed E-state index contributed by atoms with van der Waals surface area (Å²) in [6.07, 6.45) is 2.45. The van der Waals surface area contributed by atoms with Gasteiger partial charge in [-0.1, -0.05) is 20.8 Å². The van der Waals surface area contributed by atoms with Gasteiger partial charge >= 0.3 is 0 Å². The van der Waals surface area contributed by atoms with Gasteiger partial charge in [0.25, 0.3) is 5.78 Å². The Morgan fingerprint density at radius 2 is 2.16 bits per heavy atom. The summed E-state index contributed by atoms with van der Waals surface area (Å²) >= 11 is 6.36. The van der Waals surface area contributed by atoms with E-state index in [2.05, 4.69) is 41.2 Å². The molecule has 0 aliphatic heterocycles. The molecule has 0 aromatic carbocycles. The molecule has 0 fully saturated rings. The second-order valence-electron chi connectivity index (χ2n) is 6.00. The van der Waals surface area contributed by atoms with Crippen molar-refractivity contribution in [3.8, 4) is 0 Å². The third-order valence-electron chi connectivity index (χ3n) is 2.72. The maximum Gasteiger partial charge on any atom is 0.254 e. The molecule has 1 N–H and O–H groups in total. The van der Waals surface area contributed by atoms with Crippen molar-refractivity contribution in [2.24, 2.45) is 5.41 Å². The average Bonchev–Trinajstić information content (AvgIpc) is 2.71. The first kappa shape index (κ1) is 14.1. The van der Waals surface area contributed by atoms with Crippen molar-refractivity contribution in [1.29, 1.82) is 0 Å². The zero-order chi connectivity index (χ0) is 14.0. The second kappa shape index (κ2) is 5.33. The molecule has 2 aromatic rings. The van der Waals surface area contributed by atoms with Gasteiger partial charge in [0.1, 0.15) is 12.1 Å². The fourth-order valence-electron chi connectivity index (χ4n) is 2.01. The van der Waals surface area contributed by atoms with Crippen LogP contribution in [0.15, 0.2) is 12.4 Å². The number of fused-ring (bicyclic) bond motifs is 1. The highest BCUT2D eigenvalue weighted by atomic mass is 35.5.